The number of aryl methyl sites for hydroxylation is 1. The molecule has 0 bridgehead atoms. The van der Waals surface area contributed by atoms with Gasteiger partial charge in [-0.3, -0.25) is 4.79 Å². The van der Waals surface area contributed by atoms with Crippen molar-refractivity contribution >= 4 is 15.9 Å². The molecule has 2 heterocycles. The second-order valence-corrected chi connectivity index (χ2v) is 10.4. The van der Waals surface area contributed by atoms with Crippen LogP contribution >= 0.6 is 0 Å². The molecule has 10 heteroatoms. The van der Waals surface area contributed by atoms with Gasteiger partial charge in [0.15, 0.2) is 0 Å². The van der Waals surface area contributed by atoms with E-state index in [4.69, 9.17) is 9.26 Å². The Kier molecular flexibility index (Phi) is 6.99. The first kappa shape index (κ1) is 23.9. The lowest BCUT2D eigenvalue weighted by molar-refractivity contribution is -0.136. The minimum absolute atomic E-state index is 0.136. The number of nitrogens with zero attached hydrogens (tertiary/aromatic N) is 4. The van der Waals surface area contributed by atoms with Crippen LogP contribution in [0, 0.1) is 12.8 Å². The van der Waals surface area contributed by atoms with Gasteiger partial charge in [-0.2, -0.15) is 9.29 Å². The zero-order valence-electron chi connectivity index (χ0n) is 19.5. The molecular weight excluding hydrogens is 456 g/mol. The highest BCUT2D eigenvalue weighted by Crippen LogP contribution is 2.26. The van der Waals surface area contributed by atoms with Gasteiger partial charge in [0.2, 0.25) is 27.6 Å². The fourth-order valence-electron chi connectivity index (χ4n) is 4.01. The van der Waals surface area contributed by atoms with Crippen molar-refractivity contribution in [3.05, 3.63) is 60.0 Å². The van der Waals surface area contributed by atoms with Crippen molar-refractivity contribution in [3.63, 3.8) is 0 Å². The van der Waals surface area contributed by atoms with E-state index < -0.39 is 15.9 Å². The topological polar surface area (TPSA) is 106 Å². The van der Waals surface area contributed by atoms with Crippen LogP contribution < -0.4 is 4.74 Å². The fraction of sp³-hybridized carbons (Fsp3) is 0.375. The number of methoxy groups -OCH3 is 1. The summed E-state index contributed by atoms with van der Waals surface area (Å²) in [6, 6.07) is 14.1. The maximum absolute atomic E-state index is 13.1. The van der Waals surface area contributed by atoms with E-state index in [0.29, 0.717) is 36.9 Å². The summed E-state index contributed by atoms with van der Waals surface area (Å²) in [5.74, 6) is 0.805. The van der Waals surface area contributed by atoms with Crippen LogP contribution in [0.4, 0.5) is 0 Å². The van der Waals surface area contributed by atoms with Crippen LogP contribution in [0.5, 0.6) is 5.75 Å². The molecule has 2 aromatic carbocycles. The first-order valence-electron chi connectivity index (χ1n) is 11.1. The van der Waals surface area contributed by atoms with Crippen molar-refractivity contribution in [2.24, 2.45) is 5.92 Å². The average molecular weight is 485 g/mol. The molecule has 0 radical (unpaired) electrons. The van der Waals surface area contributed by atoms with E-state index in [-0.39, 0.29) is 23.9 Å². The normalized spacial score (nSPS) is 16.9. The molecule has 0 N–H and O–H groups in total. The minimum atomic E-state index is -3.65. The molecule has 1 atom stereocenters. The van der Waals surface area contributed by atoms with Crippen LogP contribution in [-0.4, -0.2) is 60.9 Å². The Labute approximate surface area is 199 Å². The van der Waals surface area contributed by atoms with Crippen LogP contribution in [-0.2, 0) is 21.4 Å². The largest absolute Gasteiger partial charge is 0.497 e. The van der Waals surface area contributed by atoms with Crippen molar-refractivity contribution in [2.45, 2.75) is 31.2 Å². The first-order valence-corrected chi connectivity index (χ1v) is 12.5. The third kappa shape index (κ3) is 5.13. The third-order valence-corrected chi connectivity index (χ3v) is 7.82. The maximum Gasteiger partial charge on any atom is 0.246 e. The summed E-state index contributed by atoms with van der Waals surface area (Å²) in [6.45, 7) is 2.59. The fourth-order valence-corrected chi connectivity index (χ4v) is 5.54. The lowest BCUT2D eigenvalue weighted by Gasteiger charge is -2.33. The van der Waals surface area contributed by atoms with Crippen LogP contribution in [0.15, 0.2) is 57.9 Å². The SMILES string of the molecule is COc1cccc(-c2noc(CN(C)C(=O)[C@H]3CCCN(S(=O)(=O)c4ccc(C)cc4)C3)n2)c1. The second kappa shape index (κ2) is 9.94. The Morgan fingerprint density at radius 3 is 2.74 bits per heavy atom. The number of hydrogen-bond acceptors (Lipinski definition) is 7. The number of amides is 1. The van der Waals surface area contributed by atoms with Gasteiger partial charge in [-0.25, -0.2) is 8.42 Å². The molecule has 0 unspecified atom stereocenters. The predicted molar refractivity (Wildman–Crippen MR) is 125 cm³/mol. The molecule has 34 heavy (non-hydrogen) atoms. The summed E-state index contributed by atoms with van der Waals surface area (Å²) in [4.78, 5) is 19.3. The van der Waals surface area contributed by atoms with Crippen LogP contribution in [0.3, 0.4) is 0 Å². The Morgan fingerprint density at radius 2 is 2.00 bits per heavy atom. The molecule has 0 aliphatic carbocycles. The number of rotatable bonds is 7. The molecular formula is C24H28N4O5S. The molecule has 4 rings (SSSR count). The van der Waals surface area contributed by atoms with Crippen LogP contribution in [0.1, 0.15) is 24.3 Å². The van der Waals surface area contributed by atoms with Gasteiger partial charge in [0, 0.05) is 25.7 Å². The van der Waals surface area contributed by atoms with Gasteiger partial charge in [-0.05, 0) is 44.0 Å². The van der Waals surface area contributed by atoms with E-state index in [1.165, 1.54) is 9.21 Å². The number of sulfonamides is 1. The first-order chi connectivity index (χ1) is 16.3. The van der Waals surface area contributed by atoms with Gasteiger partial charge in [-0.1, -0.05) is 35.0 Å². The number of aromatic nitrogens is 2. The van der Waals surface area contributed by atoms with Crippen molar-refractivity contribution < 1.29 is 22.5 Å². The monoisotopic (exact) mass is 484 g/mol. The molecule has 9 nitrogen and oxygen atoms in total. The Morgan fingerprint density at radius 1 is 1.24 bits per heavy atom. The van der Waals surface area contributed by atoms with E-state index in [9.17, 15) is 13.2 Å². The zero-order chi connectivity index (χ0) is 24.3. The number of piperidine rings is 1. The van der Waals surface area contributed by atoms with Crippen molar-refractivity contribution in [1.29, 1.82) is 0 Å². The molecule has 0 spiro atoms. The lowest BCUT2D eigenvalue weighted by Crippen LogP contribution is -2.45. The average Bonchev–Trinajstić information content (AvgIpc) is 3.32. The molecule has 1 fully saturated rings. The molecule has 1 amide bonds. The van der Waals surface area contributed by atoms with Crippen LogP contribution in [0.25, 0.3) is 11.4 Å². The molecule has 1 aromatic heterocycles. The van der Waals surface area contributed by atoms with Crippen LogP contribution in [0.2, 0.25) is 0 Å². The lowest BCUT2D eigenvalue weighted by atomic mass is 9.98. The second-order valence-electron chi connectivity index (χ2n) is 8.45. The minimum Gasteiger partial charge on any atom is -0.497 e. The van der Waals surface area contributed by atoms with E-state index in [2.05, 4.69) is 10.1 Å². The highest BCUT2D eigenvalue weighted by molar-refractivity contribution is 7.89. The van der Waals surface area contributed by atoms with Gasteiger partial charge in [0.1, 0.15) is 5.75 Å². The molecule has 3 aromatic rings. The van der Waals surface area contributed by atoms with E-state index in [1.807, 2.05) is 25.1 Å². The smallest absolute Gasteiger partial charge is 0.246 e. The maximum atomic E-state index is 13.1. The number of benzene rings is 2. The molecule has 1 aliphatic heterocycles. The summed E-state index contributed by atoms with van der Waals surface area (Å²) in [5, 5.41) is 4.00. The quantitative estimate of drug-likeness (QED) is 0.507. The van der Waals surface area contributed by atoms with Gasteiger partial charge in [-0.15, -0.1) is 0 Å². The van der Waals surface area contributed by atoms with Gasteiger partial charge in [0.25, 0.3) is 0 Å². The van der Waals surface area contributed by atoms with E-state index in [1.54, 1.807) is 44.5 Å². The van der Waals surface area contributed by atoms with E-state index in [0.717, 1.165) is 11.1 Å². The predicted octanol–water partition coefficient (Wildman–Crippen LogP) is 3.11. The Bertz CT molecular complexity index is 1260. The standard InChI is InChI=1S/C24H28N4O5S/c1-17-9-11-21(12-10-17)34(30,31)28-13-5-7-19(15-28)24(29)27(2)16-22-25-23(26-33-22)18-6-4-8-20(14-18)32-3/h4,6,8-12,14,19H,5,7,13,15-16H2,1-3H3/t19-/m0/s1. The summed E-state index contributed by atoms with van der Waals surface area (Å²) in [5.41, 5.74) is 1.73. The highest BCUT2D eigenvalue weighted by Gasteiger charge is 2.34. The number of ether oxygens (including phenoxy) is 1. The van der Waals surface area contributed by atoms with Crippen molar-refractivity contribution in [2.75, 3.05) is 27.2 Å². The molecule has 180 valence electrons. The summed E-state index contributed by atoms with van der Waals surface area (Å²) in [7, 11) is -0.410. The Balaban J connectivity index is 1.41. The summed E-state index contributed by atoms with van der Waals surface area (Å²) >= 11 is 0. The van der Waals surface area contributed by atoms with Gasteiger partial charge in [0.05, 0.1) is 24.5 Å². The third-order valence-electron chi connectivity index (χ3n) is 5.94. The number of carbonyl (C=O) groups is 1. The molecule has 1 saturated heterocycles. The van der Waals surface area contributed by atoms with Crippen molar-refractivity contribution in [1.82, 2.24) is 19.3 Å². The highest BCUT2D eigenvalue weighted by atomic mass is 32.2. The zero-order valence-corrected chi connectivity index (χ0v) is 20.3. The number of hydrogen-bond donors (Lipinski definition) is 0. The van der Waals surface area contributed by atoms with E-state index >= 15 is 0 Å². The van der Waals surface area contributed by atoms with Gasteiger partial charge < -0.3 is 14.2 Å². The molecule has 1 aliphatic rings. The summed E-state index contributed by atoms with van der Waals surface area (Å²) < 4.78 is 38.1. The number of carbonyl (C=O) groups excluding carboxylic acids is 1. The molecule has 0 saturated carbocycles. The Hall–Kier alpha value is -3.24. The summed E-state index contributed by atoms with van der Waals surface area (Å²) in [6.07, 6.45) is 1.25. The van der Waals surface area contributed by atoms with Crippen molar-refractivity contribution in [3.8, 4) is 17.1 Å². The van der Waals surface area contributed by atoms with Gasteiger partial charge >= 0.3 is 0 Å².